The molecule has 1 aromatic rings. The van der Waals surface area contributed by atoms with Gasteiger partial charge in [-0.2, -0.15) is 0 Å². The quantitative estimate of drug-likeness (QED) is 0.403. The van der Waals surface area contributed by atoms with Crippen LogP contribution in [0.1, 0.15) is 27.1 Å². The summed E-state index contributed by atoms with van der Waals surface area (Å²) in [6, 6.07) is 3.31. The van der Waals surface area contributed by atoms with Crippen LogP contribution in [0.2, 0.25) is 0 Å². The minimum atomic E-state index is -1.39. The summed E-state index contributed by atoms with van der Waals surface area (Å²) in [5.41, 5.74) is -0.354. The minimum Gasteiger partial charge on any atom is -0.550 e. The number of amides is 2. The number of nitrogens with zero attached hydrogens (tertiary/aromatic N) is 2. The molecule has 1 heterocycles. The van der Waals surface area contributed by atoms with Crippen LogP contribution in [0.15, 0.2) is 18.2 Å². The first kappa shape index (κ1) is 12.7. The Morgan fingerprint density at radius 1 is 1.21 bits per heavy atom. The van der Waals surface area contributed by atoms with E-state index < -0.39 is 29.1 Å². The lowest BCUT2D eigenvalue weighted by Crippen LogP contribution is -2.34. The first-order valence-corrected chi connectivity index (χ1v) is 5.26. The van der Waals surface area contributed by atoms with Crippen molar-refractivity contribution in [1.82, 2.24) is 4.90 Å². The molecule has 0 aliphatic carbocycles. The van der Waals surface area contributed by atoms with E-state index in [1.165, 1.54) is 6.07 Å². The number of carbonyl (C=O) groups is 3. The molecule has 8 nitrogen and oxygen atoms in total. The van der Waals surface area contributed by atoms with E-state index in [1.54, 1.807) is 0 Å². The molecule has 0 bridgehead atoms. The minimum absolute atomic E-state index is 0.0361. The van der Waals surface area contributed by atoms with Crippen molar-refractivity contribution < 1.29 is 24.4 Å². The van der Waals surface area contributed by atoms with E-state index >= 15 is 0 Å². The van der Waals surface area contributed by atoms with Gasteiger partial charge in [-0.3, -0.25) is 24.6 Å². The van der Waals surface area contributed by atoms with Crippen molar-refractivity contribution in [2.45, 2.75) is 6.42 Å². The van der Waals surface area contributed by atoms with Crippen LogP contribution in [0, 0.1) is 10.1 Å². The second-order valence-electron chi connectivity index (χ2n) is 3.87. The van der Waals surface area contributed by atoms with E-state index in [0.29, 0.717) is 0 Å². The standard InChI is InChI=1S/C11H8N2O6/c14-9(15)3-4-12-10(16)7-2-1-6(13(18)19)5-8(7)11(12)17/h1-2,5H,3-4H2,(H,14,15)/p-1. The van der Waals surface area contributed by atoms with Gasteiger partial charge < -0.3 is 9.90 Å². The molecule has 8 heteroatoms. The molecule has 2 amide bonds. The highest BCUT2D eigenvalue weighted by Gasteiger charge is 2.36. The predicted molar refractivity (Wildman–Crippen MR) is 58.1 cm³/mol. The SMILES string of the molecule is O=C([O-])CCN1C(=O)c2ccc([N+](=O)[O-])cc2C1=O. The largest absolute Gasteiger partial charge is 0.550 e. The van der Waals surface area contributed by atoms with Gasteiger partial charge in [-0.15, -0.1) is 0 Å². The van der Waals surface area contributed by atoms with Crippen molar-refractivity contribution in [3.63, 3.8) is 0 Å². The summed E-state index contributed by atoms with van der Waals surface area (Å²) in [7, 11) is 0. The van der Waals surface area contributed by atoms with E-state index in [0.717, 1.165) is 17.0 Å². The molecule has 2 rings (SSSR count). The molecule has 0 saturated carbocycles. The summed E-state index contributed by atoms with van der Waals surface area (Å²) < 4.78 is 0. The Hall–Kier alpha value is -2.77. The number of rotatable bonds is 4. The monoisotopic (exact) mass is 263 g/mol. The number of nitro benzene ring substituents is 1. The summed E-state index contributed by atoms with van der Waals surface area (Å²) >= 11 is 0. The highest BCUT2D eigenvalue weighted by Crippen LogP contribution is 2.26. The van der Waals surface area contributed by atoms with Crippen LogP contribution < -0.4 is 5.11 Å². The number of aliphatic carboxylic acids is 1. The molecule has 19 heavy (non-hydrogen) atoms. The molecule has 1 aliphatic heterocycles. The second-order valence-corrected chi connectivity index (χ2v) is 3.87. The Kier molecular flexibility index (Phi) is 2.99. The van der Waals surface area contributed by atoms with Gasteiger partial charge in [0.25, 0.3) is 17.5 Å². The number of nitro groups is 1. The van der Waals surface area contributed by atoms with E-state index in [-0.39, 0.29) is 23.4 Å². The van der Waals surface area contributed by atoms with E-state index in [9.17, 15) is 29.6 Å². The van der Waals surface area contributed by atoms with Crippen LogP contribution in [0.5, 0.6) is 0 Å². The second kappa shape index (κ2) is 4.48. The van der Waals surface area contributed by atoms with Crippen LogP contribution in [0.4, 0.5) is 5.69 Å². The van der Waals surface area contributed by atoms with Gasteiger partial charge in [0.2, 0.25) is 0 Å². The van der Waals surface area contributed by atoms with Gasteiger partial charge in [0.15, 0.2) is 0 Å². The van der Waals surface area contributed by atoms with Gasteiger partial charge in [0.1, 0.15) is 0 Å². The molecular formula is C11H7N2O6-. The van der Waals surface area contributed by atoms with Crippen molar-refractivity contribution in [2.24, 2.45) is 0 Å². The Labute approximate surface area is 106 Å². The number of carboxylic acid groups (broad SMARTS) is 1. The molecule has 0 aromatic heterocycles. The summed E-state index contributed by atoms with van der Waals surface area (Å²) in [6.45, 7) is -0.317. The topological polar surface area (TPSA) is 121 Å². The summed E-state index contributed by atoms with van der Waals surface area (Å²) in [6.07, 6.45) is -0.479. The lowest BCUT2D eigenvalue weighted by Gasteiger charge is -2.13. The zero-order chi connectivity index (χ0) is 14.2. The Balaban J connectivity index is 2.33. The fraction of sp³-hybridized carbons (Fsp3) is 0.182. The third kappa shape index (κ3) is 2.15. The van der Waals surface area contributed by atoms with Crippen molar-refractivity contribution in [2.75, 3.05) is 6.54 Å². The van der Waals surface area contributed by atoms with Crippen LogP contribution in [0.3, 0.4) is 0 Å². The molecule has 0 saturated heterocycles. The number of benzene rings is 1. The van der Waals surface area contributed by atoms with Gasteiger partial charge in [-0.05, 0) is 6.07 Å². The van der Waals surface area contributed by atoms with E-state index in [1.807, 2.05) is 0 Å². The Morgan fingerprint density at radius 3 is 2.42 bits per heavy atom. The number of imide groups is 1. The molecule has 1 aliphatic rings. The third-order valence-electron chi connectivity index (χ3n) is 2.70. The number of carboxylic acids is 1. The van der Waals surface area contributed by atoms with Crippen LogP contribution in [0.25, 0.3) is 0 Å². The average Bonchev–Trinajstić information content (AvgIpc) is 2.59. The highest BCUT2D eigenvalue weighted by atomic mass is 16.6. The van der Waals surface area contributed by atoms with Crippen LogP contribution in [-0.2, 0) is 4.79 Å². The van der Waals surface area contributed by atoms with E-state index in [4.69, 9.17) is 0 Å². The fourth-order valence-electron chi connectivity index (χ4n) is 1.80. The normalized spacial score (nSPS) is 13.6. The third-order valence-corrected chi connectivity index (χ3v) is 2.70. The van der Waals surface area contributed by atoms with Gasteiger partial charge >= 0.3 is 0 Å². The van der Waals surface area contributed by atoms with Crippen molar-refractivity contribution in [3.05, 3.63) is 39.4 Å². The molecule has 0 spiro atoms. The number of fused-ring (bicyclic) bond motifs is 1. The van der Waals surface area contributed by atoms with Gasteiger partial charge in [-0.1, -0.05) is 0 Å². The average molecular weight is 263 g/mol. The van der Waals surface area contributed by atoms with Crippen molar-refractivity contribution in [3.8, 4) is 0 Å². The van der Waals surface area contributed by atoms with E-state index in [2.05, 4.69) is 0 Å². The molecule has 0 N–H and O–H groups in total. The smallest absolute Gasteiger partial charge is 0.270 e. The number of carbonyl (C=O) groups excluding carboxylic acids is 3. The Morgan fingerprint density at radius 2 is 1.84 bits per heavy atom. The first-order valence-electron chi connectivity index (χ1n) is 5.26. The summed E-state index contributed by atoms with van der Waals surface area (Å²) in [4.78, 5) is 44.7. The maximum Gasteiger partial charge on any atom is 0.270 e. The molecule has 0 radical (unpaired) electrons. The molecule has 1 aromatic carbocycles. The summed E-state index contributed by atoms with van der Waals surface area (Å²) in [5, 5.41) is 20.9. The number of hydrogen-bond acceptors (Lipinski definition) is 6. The van der Waals surface area contributed by atoms with Crippen molar-refractivity contribution in [1.29, 1.82) is 0 Å². The van der Waals surface area contributed by atoms with Crippen molar-refractivity contribution >= 4 is 23.5 Å². The lowest BCUT2D eigenvalue weighted by atomic mass is 10.1. The lowest BCUT2D eigenvalue weighted by molar-refractivity contribution is -0.384. The van der Waals surface area contributed by atoms with Crippen LogP contribution >= 0.6 is 0 Å². The van der Waals surface area contributed by atoms with Gasteiger partial charge in [0, 0.05) is 31.1 Å². The maximum absolute atomic E-state index is 11.9. The molecule has 0 fully saturated rings. The van der Waals surface area contributed by atoms with Gasteiger partial charge in [0.05, 0.1) is 16.1 Å². The zero-order valence-electron chi connectivity index (χ0n) is 9.49. The number of non-ortho nitro benzene ring substituents is 1. The summed E-state index contributed by atoms with van der Waals surface area (Å²) in [5.74, 6) is -2.77. The molecule has 0 unspecified atom stereocenters. The number of hydrogen-bond donors (Lipinski definition) is 0. The first-order chi connectivity index (χ1) is 8.91. The molecule has 0 atom stereocenters. The fourth-order valence-corrected chi connectivity index (χ4v) is 1.80. The molecule has 98 valence electrons. The highest BCUT2D eigenvalue weighted by molar-refractivity contribution is 6.21. The Bertz CT molecular complexity index is 609. The predicted octanol–water partition coefficient (Wildman–Crippen LogP) is -0.669. The molecular weight excluding hydrogens is 256 g/mol. The van der Waals surface area contributed by atoms with Crippen LogP contribution in [-0.4, -0.2) is 34.2 Å². The van der Waals surface area contributed by atoms with Gasteiger partial charge in [-0.25, -0.2) is 0 Å². The maximum atomic E-state index is 11.9. The zero-order valence-corrected chi connectivity index (χ0v) is 9.49.